The number of aryl methyl sites for hydroxylation is 1. The highest BCUT2D eigenvalue weighted by atomic mass is 32.2. The lowest BCUT2D eigenvalue weighted by Gasteiger charge is -2.11. The van der Waals surface area contributed by atoms with Crippen LogP contribution in [0.4, 0.5) is 4.39 Å². The molecule has 9 heteroatoms. The van der Waals surface area contributed by atoms with Gasteiger partial charge in [-0.15, -0.1) is 10.2 Å². The van der Waals surface area contributed by atoms with Gasteiger partial charge in [-0.3, -0.25) is 13.8 Å². The molecule has 0 aliphatic carbocycles. The fourth-order valence-corrected chi connectivity index (χ4v) is 3.98. The van der Waals surface area contributed by atoms with Crippen molar-refractivity contribution in [2.24, 2.45) is 0 Å². The molecule has 0 radical (unpaired) electrons. The van der Waals surface area contributed by atoms with E-state index in [0.717, 1.165) is 5.52 Å². The first-order chi connectivity index (χ1) is 14.7. The summed E-state index contributed by atoms with van der Waals surface area (Å²) in [5, 5.41) is 9.90. The van der Waals surface area contributed by atoms with E-state index >= 15 is 0 Å². The molecule has 0 saturated carbocycles. The lowest BCUT2D eigenvalue weighted by Crippen LogP contribution is -2.24. The summed E-state index contributed by atoms with van der Waals surface area (Å²) >= 11 is 1.49. The molecule has 4 rings (SSSR count). The summed E-state index contributed by atoms with van der Waals surface area (Å²) in [4.78, 5) is 13.0. The number of fused-ring (bicyclic) bond motifs is 3. The fourth-order valence-electron chi connectivity index (χ4n) is 3.22. The first-order valence-corrected chi connectivity index (χ1v) is 10.5. The smallest absolute Gasteiger partial charge is 0.262 e. The van der Waals surface area contributed by atoms with Crippen LogP contribution in [0.1, 0.15) is 6.42 Å². The maximum atomic E-state index is 13.0. The van der Waals surface area contributed by atoms with Crippen LogP contribution in [-0.4, -0.2) is 45.2 Å². The molecular formula is C21H21FN4O3S. The van der Waals surface area contributed by atoms with Crippen LogP contribution in [0.2, 0.25) is 0 Å². The molecule has 0 spiro atoms. The lowest BCUT2D eigenvalue weighted by atomic mass is 10.2. The molecule has 156 valence electrons. The molecule has 30 heavy (non-hydrogen) atoms. The van der Waals surface area contributed by atoms with E-state index in [0.29, 0.717) is 54.0 Å². The summed E-state index contributed by atoms with van der Waals surface area (Å²) in [6, 6.07) is 13.4. The van der Waals surface area contributed by atoms with Gasteiger partial charge in [-0.25, -0.2) is 4.39 Å². The summed E-state index contributed by atoms with van der Waals surface area (Å²) < 4.78 is 27.3. The van der Waals surface area contributed by atoms with E-state index in [2.05, 4.69) is 10.2 Å². The first kappa shape index (κ1) is 20.4. The van der Waals surface area contributed by atoms with E-state index in [9.17, 15) is 9.18 Å². The molecule has 0 saturated heterocycles. The van der Waals surface area contributed by atoms with Crippen LogP contribution in [0.3, 0.4) is 0 Å². The summed E-state index contributed by atoms with van der Waals surface area (Å²) in [6.45, 7) is 1.48. The monoisotopic (exact) mass is 428 g/mol. The maximum Gasteiger partial charge on any atom is 0.262 e. The number of aromatic nitrogens is 4. The van der Waals surface area contributed by atoms with Crippen molar-refractivity contribution in [3.8, 4) is 5.75 Å². The highest BCUT2D eigenvalue weighted by Gasteiger charge is 2.16. The molecule has 0 bridgehead atoms. The zero-order valence-electron chi connectivity index (χ0n) is 16.5. The summed E-state index contributed by atoms with van der Waals surface area (Å²) in [6.07, 6.45) is 0.700. The molecule has 2 aromatic carbocycles. The molecular weight excluding hydrogens is 407 g/mol. The number of rotatable bonds is 9. The second-order valence-corrected chi connectivity index (χ2v) is 7.65. The summed E-state index contributed by atoms with van der Waals surface area (Å²) in [5.41, 5.74) is 0.685. The minimum atomic E-state index is -0.296. The molecule has 0 atom stereocenters. The van der Waals surface area contributed by atoms with E-state index in [1.165, 1.54) is 23.9 Å². The van der Waals surface area contributed by atoms with E-state index in [1.54, 1.807) is 23.8 Å². The standard InChI is InChI=1S/C21H21FN4O3S/c1-28-12-4-11-25-19(27)17-5-2-3-6-18(17)26-20(25)23-24-21(26)30-14-13-29-16-9-7-15(22)8-10-16/h2-3,5-10H,4,11-14H2,1H3. The molecule has 0 fully saturated rings. The minimum Gasteiger partial charge on any atom is -0.493 e. The van der Waals surface area contributed by atoms with Gasteiger partial charge in [0.1, 0.15) is 11.6 Å². The molecule has 4 aromatic rings. The average Bonchev–Trinajstić information content (AvgIpc) is 3.19. The predicted octanol–water partition coefficient (Wildman–Crippen LogP) is 3.39. The van der Waals surface area contributed by atoms with Crippen LogP contribution in [-0.2, 0) is 11.3 Å². The first-order valence-electron chi connectivity index (χ1n) is 9.56. The fraction of sp³-hybridized carbons (Fsp3) is 0.286. The van der Waals surface area contributed by atoms with Gasteiger partial charge in [-0.1, -0.05) is 23.9 Å². The Morgan fingerprint density at radius 2 is 1.87 bits per heavy atom. The Labute approximate surface area is 176 Å². The molecule has 0 unspecified atom stereocenters. The topological polar surface area (TPSA) is 70.7 Å². The van der Waals surface area contributed by atoms with Crippen molar-refractivity contribution >= 4 is 28.4 Å². The van der Waals surface area contributed by atoms with E-state index in [-0.39, 0.29) is 11.4 Å². The minimum absolute atomic E-state index is 0.0854. The van der Waals surface area contributed by atoms with Crippen LogP contribution in [0.5, 0.6) is 5.75 Å². The Bertz CT molecular complexity index is 1210. The molecule has 0 amide bonds. The van der Waals surface area contributed by atoms with E-state index < -0.39 is 0 Å². The maximum absolute atomic E-state index is 13.0. The average molecular weight is 428 g/mol. The van der Waals surface area contributed by atoms with Crippen LogP contribution in [0.15, 0.2) is 58.5 Å². The Kier molecular flexibility index (Phi) is 6.29. The van der Waals surface area contributed by atoms with Gasteiger partial charge in [0.15, 0.2) is 5.16 Å². The molecule has 0 aliphatic heterocycles. The van der Waals surface area contributed by atoms with Crippen molar-refractivity contribution in [1.29, 1.82) is 0 Å². The van der Waals surface area contributed by atoms with Crippen LogP contribution < -0.4 is 10.3 Å². The number of ether oxygens (including phenoxy) is 2. The van der Waals surface area contributed by atoms with Crippen molar-refractivity contribution in [3.63, 3.8) is 0 Å². The molecule has 0 N–H and O–H groups in total. The number of benzene rings is 2. The van der Waals surface area contributed by atoms with Gasteiger partial charge in [0.05, 0.1) is 17.5 Å². The van der Waals surface area contributed by atoms with Gasteiger partial charge in [-0.05, 0) is 42.8 Å². The number of hydrogen-bond donors (Lipinski definition) is 0. The molecule has 2 heterocycles. The van der Waals surface area contributed by atoms with Gasteiger partial charge in [0.25, 0.3) is 5.56 Å². The van der Waals surface area contributed by atoms with Crippen molar-refractivity contribution in [1.82, 2.24) is 19.2 Å². The van der Waals surface area contributed by atoms with Crippen molar-refractivity contribution in [3.05, 3.63) is 64.7 Å². The predicted molar refractivity (Wildman–Crippen MR) is 114 cm³/mol. The third kappa shape index (κ3) is 4.17. The van der Waals surface area contributed by atoms with Gasteiger partial charge >= 0.3 is 0 Å². The zero-order chi connectivity index (χ0) is 20.9. The lowest BCUT2D eigenvalue weighted by molar-refractivity contribution is 0.190. The Hall–Kier alpha value is -2.91. The highest BCUT2D eigenvalue weighted by molar-refractivity contribution is 7.99. The summed E-state index contributed by atoms with van der Waals surface area (Å²) in [5.74, 6) is 1.45. The van der Waals surface area contributed by atoms with Gasteiger partial charge in [0, 0.05) is 26.0 Å². The van der Waals surface area contributed by atoms with E-state index in [4.69, 9.17) is 9.47 Å². The van der Waals surface area contributed by atoms with E-state index in [1.807, 2.05) is 28.7 Å². The van der Waals surface area contributed by atoms with Gasteiger partial charge in [-0.2, -0.15) is 0 Å². The second kappa shape index (κ2) is 9.27. The van der Waals surface area contributed by atoms with Crippen LogP contribution in [0, 0.1) is 5.82 Å². The third-order valence-corrected chi connectivity index (χ3v) is 5.50. The van der Waals surface area contributed by atoms with Gasteiger partial charge < -0.3 is 9.47 Å². The van der Waals surface area contributed by atoms with Crippen molar-refractivity contribution < 1.29 is 13.9 Å². The van der Waals surface area contributed by atoms with Crippen LogP contribution >= 0.6 is 11.8 Å². The molecule has 2 aromatic heterocycles. The van der Waals surface area contributed by atoms with Crippen molar-refractivity contribution in [2.45, 2.75) is 18.1 Å². The SMILES string of the molecule is COCCCn1c(=O)c2ccccc2n2c(SCCOc3ccc(F)cc3)nnc12. The Balaban J connectivity index is 1.59. The third-order valence-electron chi connectivity index (χ3n) is 4.61. The van der Waals surface area contributed by atoms with Gasteiger partial charge in [0.2, 0.25) is 5.78 Å². The normalized spacial score (nSPS) is 11.4. The number of nitrogens with zero attached hydrogens (tertiary/aromatic N) is 4. The highest BCUT2D eigenvalue weighted by Crippen LogP contribution is 2.22. The number of thioether (sulfide) groups is 1. The Morgan fingerprint density at radius 1 is 1.07 bits per heavy atom. The number of hydrogen-bond acceptors (Lipinski definition) is 6. The Morgan fingerprint density at radius 3 is 2.67 bits per heavy atom. The second-order valence-electron chi connectivity index (χ2n) is 6.59. The van der Waals surface area contributed by atoms with Crippen molar-refractivity contribution in [2.75, 3.05) is 26.1 Å². The number of methoxy groups -OCH3 is 1. The molecule has 0 aliphatic rings. The molecule has 7 nitrogen and oxygen atoms in total. The largest absolute Gasteiger partial charge is 0.493 e. The van der Waals surface area contributed by atoms with Crippen LogP contribution in [0.25, 0.3) is 16.7 Å². The number of halogens is 1. The quantitative estimate of drug-likeness (QED) is 0.301. The number of para-hydroxylation sites is 1. The summed E-state index contributed by atoms with van der Waals surface area (Å²) in [7, 11) is 1.64. The zero-order valence-corrected chi connectivity index (χ0v) is 17.3.